The second-order valence-electron chi connectivity index (χ2n) is 6.22. The molecule has 4 nitrogen and oxygen atoms in total. The first kappa shape index (κ1) is 18.0. The van der Waals surface area contributed by atoms with Crippen molar-refractivity contribution in [1.82, 2.24) is 4.72 Å². The van der Waals surface area contributed by atoms with Crippen LogP contribution >= 0.6 is 0 Å². The van der Waals surface area contributed by atoms with Crippen LogP contribution in [-0.4, -0.2) is 21.6 Å². The van der Waals surface area contributed by atoms with Crippen LogP contribution in [0.15, 0.2) is 17.0 Å². The van der Waals surface area contributed by atoms with E-state index in [9.17, 15) is 8.42 Å². The lowest BCUT2D eigenvalue weighted by Gasteiger charge is -2.26. The average molecular weight is 313 g/mol. The zero-order valence-corrected chi connectivity index (χ0v) is 14.8. The van der Waals surface area contributed by atoms with Crippen LogP contribution in [0.4, 0.5) is 0 Å². The minimum absolute atomic E-state index is 0.0863. The van der Waals surface area contributed by atoms with Gasteiger partial charge in [-0.1, -0.05) is 27.7 Å². The Balaban J connectivity index is 3.22. The van der Waals surface area contributed by atoms with Crippen molar-refractivity contribution >= 4 is 10.0 Å². The van der Waals surface area contributed by atoms with E-state index in [1.807, 2.05) is 34.6 Å². The first-order chi connectivity index (χ1) is 9.60. The van der Waals surface area contributed by atoms with E-state index in [1.54, 1.807) is 26.2 Å². The Labute approximate surface area is 129 Å². The maximum atomic E-state index is 12.7. The van der Waals surface area contributed by atoms with E-state index in [0.29, 0.717) is 16.2 Å². The van der Waals surface area contributed by atoms with Gasteiger partial charge < -0.3 is 4.74 Å². The Bertz CT molecular complexity index is 584. The normalized spacial score (nSPS) is 12.5. The van der Waals surface area contributed by atoms with Gasteiger partial charge in [-0.05, 0) is 48.9 Å². The van der Waals surface area contributed by atoms with E-state index in [0.717, 1.165) is 5.56 Å². The van der Waals surface area contributed by atoms with Crippen LogP contribution in [0.25, 0.3) is 0 Å². The molecule has 1 aromatic rings. The fraction of sp³-hybridized carbons (Fsp3) is 0.625. The van der Waals surface area contributed by atoms with Gasteiger partial charge in [0.15, 0.2) is 0 Å². The molecule has 1 rings (SSSR count). The van der Waals surface area contributed by atoms with Crippen LogP contribution in [0.1, 0.15) is 38.8 Å². The predicted molar refractivity (Wildman–Crippen MR) is 86.3 cm³/mol. The maximum Gasteiger partial charge on any atom is 0.241 e. The van der Waals surface area contributed by atoms with Gasteiger partial charge in [0.2, 0.25) is 10.0 Å². The summed E-state index contributed by atoms with van der Waals surface area (Å²) in [6, 6.07) is 3.36. The highest BCUT2D eigenvalue weighted by atomic mass is 32.2. The van der Waals surface area contributed by atoms with Gasteiger partial charge in [-0.2, -0.15) is 0 Å². The van der Waals surface area contributed by atoms with Crippen LogP contribution in [0.3, 0.4) is 0 Å². The van der Waals surface area contributed by atoms with Crippen molar-refractivity contribution in [3.05, 3.63) is 23.3 Å². The SMILES string of the molecule is COc1cc(C)c(S(=O)(=O)NC(C(C)C)C(C)C)cc1C. The third kappa shape index (κ3) is 4.20. The van der Waals surface area contributed by atoms with Gasteiger partial charge in [0.1, 0.15) is 5.75 Å². The molecule has 1 aromatic carbocycles. The number of benzene rings is 1. The number of aryl methyl sites for hydroxylation is 2. The molecule has 0 aliphatic carbocycles. The minimum Gasteiger partial charge on any atom is -0.496 e. The summed E-state index contributed by atoms with van der Waals surface area (Å²) in [6.45, 7) is 11.7. The highest BCUT2D eigenvalue weighted by Gasteiger charge is 2.26. The standard InChI is InChI=1S/C16H27NO3S/c1-10(2)16(11(3)4)17-21(18,19)15-9-12(5)14(20-7)8-13(15)6/h8-11,16-17H,1-7H3. The molecule has 0 saturated heterocycles. The van der Waals surface area contributed by atoms with Crippen LogP contribution in [-0.2, 0) is 10.0 Å². The van der Waals surface area contributed by atoms with E-state index in [-0.39, 0.29) is 17.9 Å². The lowest BCUT2D eigenvalue weighted by atomic mass is 9.94. The molecular weight excluding hydrogens is 286 g/mol. The minimum atomic E-state index is -3.53. The van der Waals surface area contributed by atoms with Gasteiger partial charge in [0.05, 0.1) is 12.0 Å². The van der Waals surface area contributed by atoms with Gasteiger partial charge in [-0.15, -0.1) is 0 Å². The molecule has 0 aliphatic heterocycles. The number of sulfonamides is 1. The van der Waals surface area contributed by atoms with Crippen molar-refractivity contribution in [2.45, 2.75) is 52.5 Å². The quantitative estimate of drug-likeness (QED) is 0.877. The molecule has 1 N–H and O–H groups in total. The molecule has 0 aliphatic rings. The monoisotopic (exact) mass is 313 g/mol. The topological polar surface area (TPSA) is 55.4 Å². The lowest BCUT2D eigenvalue weighted by Crippen LogP contribution is -2.42. The summed E-state index contributed by atoms with van der Waals surface area (Å²) in [4.78, 5) is 0.326. The molecule has 0 unspecified atom stereocenters. The van der Waals surface area contributed by atoms with Crippen LogP contribution in [0, 0.1) is 25.7 Å². The Morgan fingerprint density at radius 2 is 1.52 bits per heavy atom. The highest BCUT2D eigenvalue weighted by Crippen LogP contribution is 2.26. The zero-order valence-electron chi connectivity index (χ0n) is 14.0. The molecule has 0 atom stereocenters. The first-order valence-electron chi connectivity index (χ1n) is 7.27. The number of methoxy groups -OCH3 is 1. The van der Waals surface area contributed by atoms with Crippen molar-refractivity contribution in [2.75, 3.05) is 7.11 Å². The van der Waals surface area contributed by atoms with Gasteiger partial charge in [0, 0.05) is 6.04 Å². The molecule has 0 amide bonds. The number of ether oxygens (including phenoxy) is 1. The van der Waals surface area contributed by atoms with Crippen molar-refractivity contribution in [2.24, 2.45) is 11.8 Å². The molecule has 0 radical (unpaired) electrons. The molecule has 21 heavy (non-hydrogen) atoms. The summed E-state index contributed by atoms with van der Waals surface area (Å²) in [5, 5.41) is 0. The van der Waals surface area contributed by atoms with Gasteiger partial charge in [-0.25, -0.2) is 13.1 Å². The second-order valence-corrected chi connectivity index (χ2v) is 7.90. The average Bonchev–Trinajstić information content (AvgIpc) is 2.37. The van der Waals surface area contributed by atoms with Gasteiger partial charge >= 0.3 is 0 Å². The Hall–Kier alpha value is -1.07. The maximum absolute atomic E-state index is 12.7. The van der Waals surface area contributed by atoms with E-state index in [4.69, 9.17) is 4.74 Å². The molecule has 0 saturated carbocycles. The van der Waals surface area contributed by atoms with E-state index < -0.39 is 10.0 Å². The molecule has 0 fully saturated rings. The third-order valence-electron chi connectivity index (χ3n) is 3.71. The van der Waals surface area contributed by atoms with Crippen molar-refractivity contribution in [1.29, 1.82) is 0 Å². The number of rotatable bonds is 6. The van der Waals surface area contributed by atoms with E-state index in [2.05, 4.69) is 4.72 Å². The molecule has 120 valence electrons. The summed E-state index contributed by atoms with van der Waals surface area (Å²) >= 11 is 0. The largest absolute Gasteiger partial charge is 0.496 e. The second kappa shape index (κ2) is 6.79. The number of hydrogen-bond donors (Lipinski definition) is 1. The Kier molecular flexibility index (Phi) is 5.82. The molecule has 0 bridgehead atoms. The van der Waals surface area contributed by atoms with Crippen LogP contribution in [0.2, 0.25) is 0 Å². The molecule has 0 heterocycles. The van der Waals surface area contributed by atoms with E-state index >= 15 is 0 Å². The summed E-state index contributed by atoms with van der Waals surface area (Å²) in [7, 11) is -1.95. The Morgan fingerprint density at radius 3 is 1.95 bits per heavy atom. The first-order valence-corrected chi connectivity index (χ1v) is 8.76. The van der Waals surface area contributed by atoms with Gasteiger partial charge in [0.25, 0.3) is 0 Å². The predicted octanol–water partition coefficient (Wildman–Crippen LogP) is 3.27. The van der Waals surface area contributed by atoms with E-state index in [1.165, 1.54) is 0 Å². The molecule has 0 spiro atoms. The zero-order chi connectivity index (χ0) is 16.4. The molecule has 0 aromatic heterocycles. The fourth-order valence-electron chi connectivity index (χ4n) is 2.56. The summed E-state index contributed by atoms with van der Waals surface area (Å²) in [5.74, 6) is 1.18. The lowest BCUT2D eigenvalue weighted by molar-refractivity contribution is 0.355. The smallest absolute Gasteiger partial charge is 0.241 e. The fourth-order valence-corrected chi connectivity index (χ4v) is 4.40. The van der Waals surface area contributed by atoms with Crippen molar-refractivity contribution in [3.63, 3.8) is 0 Å². The summed E-state index contributed by atoms with van der Waals surface area (Å²) in [6.07, 6.45) is 0. The highest BCUT2D eigenvalue weighted by molar-refractivity contribution is 7.89. The molecule has 5 heteroatoms. The number of hydrogen-bond acceptors (Lipinski definition) is 3. The van der Waals surface area contributed by atoms with Gasteiger partial charge in [-0.3, -0.25) is 0 Å². The van der Waals surface area contributed by atoms with Crippen molar-refractivity contribution in [3.8, 4) is 5.75 Å². The van der Waals surface area contributed by atoms with Crippen molar-refractivity contribution < 1.29 is 13.2 Å². The Morgan fingerprint density at radius 1 is 1.00 bits per heavy atom. The summed E-state index contributed by atoms with van der Waals surface area (Å²) in [5.41, 5.74) is 1.50. The summed E-state index contributed by atoms with van der Waals surface area (Å²) < 4.78 is 33.4. The van der Waals surface area contributed by atoms with Crippen LogP contribution in [0.5, 0.6) is 5.75 Å². The number of nitrogens with one attached hydrogen (secondary N) is 1. The molecular formula is C16H27NO3S. The van der Waals surface area contributed by atoms with Crippen LogP contribution < -0.4 is 9.46 Å². The third-order valence-corrected chi connectivity index (χ3v) is 5.31.